The third-order valence-electron chi connectivity index (χ3n) is 3.97. The molecular formula is C20H16N4OS. The summed E-state index contributed by atoms with van der Waals surface area (Å²) >= 11 is 1.51. The molecule has 2 heterocycles. The number of rotatable bonds is 3. The molecule has 5 nitrogen and oxygen atoms in total. The van der Waals surface area contributed by atoms with Crippen LogP contribution in [0.15, 0.2) is 76.4 Å². The molecule has 0 unspecified atom stereocenters. The molecule has 2 aromatic heterocycles. The smallest absolute Gasteiger partial charge is 0.211 e. The highest BCUT2D eigenvalue weighted by atomic mass is 32.1. The van der Waals surface area contributed by atoms with Gasteiger partial charge < -0.3 is 5.11 Å². The maximum Gasteiger partial charge on any atom is 0.211 e. The van der Waals surface area contributed by atoms with Gasteiger partial charge in [0.25, 0.3) is 0 Å². The highest BCUT2D eigenvalue weighted by Crippen LogP contribution is 2.25. The lowest BCUT2D eigenvalue weighted by Crippen LogP contribution is -2.11. The quantitative estimate of drug-likeness (QED) is 0.556. The second-order valence-corrected chi connectivity index (χ2v) is 6.60. The average Bonchev–Trinajstić information content (AvgIpc) is 3.01. The van der Waals surface area contributed by atoms with Crippen LogP contribution in [0.3, 0.4) is 0 Å². The zero-order valence-corrected chi connectivity index (χ0v) is 14.9. The summed E-state index contributed by atoms with van der Waals surface area (Å²) in [5.74, 6) is 0.201. The number of aromatic nitrogens is 2. The third-order valence-corrected chi connectivity index (χ3v) is 4.90. The molecule has 0 saturated carbocycles. The maximum absolute atomic E-state index is 10.3. The topological polar surface area (TPSA) is 62.8 Å². The van der Waals surface area contributed by atoms with E-state index < -0.39 is 0 Å². The van der Waals surface area contributed by atoms with Gasteiger partial charge in [-0.2, -0.15) is 5.10 Å². The Labute approximate surface area is 154 Å². The molecule has 6 heteroatoms. The van der Waals surface area contributed by atoms with Crippen LogP contribution in [-0.2, 0) is 0 Å². The number of phenols is 1. The van der Waals surface area contributed by atoms with E-state index in [2.05, 4.69) is 15.1 Å². The van der Waals surface area contributed by atoms with E-state index >= 15 is 0 Å². The molecule has 0 fully saturated rings. The van der Waals surface area contributed by atoms with Crippen LogP contribution in [0.25, 0.3) is 10.8 Å². The van der Waals surface area contributed by atoms with Crippen molar-refractivity contribution in [2.45, 2.75) is 6.92 Å². The molecule has 0 saturated heterocycles. The minimum atomic E-state index is 0.201. The van der Waals surface area contributed by atoms with Gasteiger partial charge >= 0.3 is 0 Å². The number of aromatic hydroxyl groups is 1. The van der Waals surface area contributed by atoms with E-state index in [4.69, 9.17) is 0 Å². The zero-order valence-electron chi connectivity index (χ0n) is 14.1. The van der Waals surface area contributed by atoms with Gasteiger partial charge in [-0.1, -0.05) is 30.3 Å². The van der Waals surface area contributed by atoms with Crippen molar-refractivity contribution in [3.8, 4) is 5.75 Å². The summed E-state index contributed by atoms with van der Waals surface area (Å²) in [5.41, 5.74) is 2.42. The maximum atomic E-state index is 10.3. The van der Waals surface area contributed by atoms with Crippen LogP contribution in [-0.4, -0.2) is 21.0 Å². The number of phenolic OH excluding ortho intramolecular Hbond substituents is 1. The van der Waals surface area contributed by atoms with Gasteiger partial charge in [0.15, 0.2) is 0 Å². The number of nitrogens with zero attached hydrogens (tertiary/aromatic N) is 4. The fourth-order valence-corrected chi connectivity index (χ4v) is 3.49. The lowest BCUT2D eigenvalue weighted by molar-refractivity contribution is 0.475. The van der Waals surface area contributed by atoms with Crippen molar-refractivity contribution in [1.29, 1.82) is 0 Å². The van der Waals surface area contributed by atoms with E-state index in [1.54, 1.807) is 29.4 Å². The van der Waals surface area contributed by atoms with Crippen LogP contribution in [0.2, 0.25) is 0 Å². The molecule has 0 aliphatic rings. The lowest BCUT2D eigenvalue weighted by Gasteiger charge is -2.05. The van der Waals surface area contributed by atoms with Gasteiger partial charge in [0, 0.05) is 17.1 Å². The number of benzene rings is 2. The van der Waals surface area contributed by atoms with Crippen LogP contribution in [0, 0.1) is 6.92 Å². The summed E-state index contributed by atoms with van der Waals surface area (Å²) in [6.07, 6.45) is 5.10. The Morgan fingerprint density at radius 3 is 2.85 bits per heavy atom. The Kier molecular flexibility index (Phi) is 4.33. The van der Waals surface area contributed by atoms with Crippen molar-refractivity contribution in [2.24, 2.45) is 10.1 Å². The molecule has 4 aromatic rings. The molecule has 0 aliphatic carbocycles. The van der Waals surface area contributed by atoms with Gasteiger partial charge in [0.05, 0.1) is 23.8 Å². The number of hydrogen-bond donors (Lipinski definition) is 1. The predicted molar refractivity (Wildman–Crippen MR) is 105 cm³/mol. The Morgan fingerprint density at radius 2 is 2.00 bits per heavy atom. The largest absolute Gasteiger partial charge is 0.507 e. The Bertz CT molecular complexity index is 1160. The van der Waals surface area contributed by atoms with E-state index in [9.17, 15) is 5.11 Å². The van der Waals surface area contributed by atoms with Crippen molar-refractivity contribution in [1.82, 2.24) is 9.66 Å². The minimum Gasteiger partial charge on any atom is -0.507 e. The first-order chi connectivity index (χ1) is 12.7. The molecule has 1 N–H and O–H groups in total. The van der Waals surface area contributed by atoms with Crippen molar-refractivity contribution >= 4 is 34.0 Å². The molecule has 0 atom stereocenters. The number of hydrogen-bond acceptors (Lipinski definition) is 5. The van der Waals surface area contributed by atoms with Crippen molar-refractivity contribution < 1.29 is 5.11 Å². The van der Waals surface area contributed by atoms with E-state index in [1.807, 2.05) is 54.8 Å². The summed E-state index contributed by atoms with van der Waals surface area (Å²) < 4.78 is 1.76. The summed E-state index contributed by atoms with van der Waals surface area (Å²) in [5, 5.41) is 18.9. The predicted octanol–water partition coefficient (Wildman–Crippen LogP) is 4.23. The lowest BCUT2D eigenvalue weighted by atomic mass is 10.0. The number of aryl methyl sites for hydroxylation is 1. The molecular weight excluding hydrogens is 344 g/mol. The standard InChI is InChI=1S/C20H16N4OS/c1-14-13-26-20(23-16-6-4-10-21-11-16)24(14)22-12-18-17-7-3-2-5-15(17)8-9-19(18)25/h2-13,25H,1H3. The number of thiazole rings is 1. The Morgan fingerprint density at radius 1 is 1.12 bits per heavy atom. The van der Waals surface area contributed by atoms with Gasteiger partial charge in [-0.15, -0.1) is 11.3 Å². The fourth-order valence-electron chi connectivity index (χ4n) is 2.67. The normalized spacial score (nSPS) is 12.3. The SMILES string of the molecule is Cc1csc(=Nc2cccnc2)n1N=Cc1c(O)ccc2ccccc12. The molecule has 0 radical (unpaired) electrons. The van der Waals surface area contributed by atoms with Crippen LogP contribution >= 0.6 is 11.3 Å². The summed E-state index contributed by atoms with van der Waals surface area (Å²) in [4.78, 5) is 9.43. The van der Waals surface area contributed by atoms with Gasteiger partial charge in [-0.25, -0.2) is 9.67 Å². The van der Waals surface area contributed by atoms with Crippen LogP contribution < -0.4 is 4.80 Å². The van der Waals surface area contributed by atoms with E-state index in [0.29, 0.717) is 5.56 Å². The molecule has 0 amide bonds. The van der Waals surface area contributed by atoms with Gasteiger partial charge in [-0.05, 0) is 35.9 Å². The summed E-state index contributed by atoms with van der Waals surface area (Å²) in [6, 6.07) is 15.2. The highest BCUT2D eigenvalue weighted by Gasteiger charge is 2.05. The summed E-state index contributed by atoms with van der Waals surface area (Å²) in [6.45, 7) is 1.97. The van der Waals surface area contributed by atoms with Gasteiger partial charge in [0.1, 0.15) is 5.75 Å². The molecule has 0 aliphatic heterocycles. The first-order valence-electron chi connectivity index (χ1n) is 8.09. The number of pyridine rings is 1. The Hall–Kier alpha value is -3.25. The van der Waals surface area contributed by atoms with E-state index in [1.165, 1.54) is 11.3 Å². The third kappa shape index (κ3) is 3.14. The first-order valence-corrected chi connectivity index (χ1v) is 8.97. The number of fused-ring (bicyclic) bond motifs is 1. The van der Waals surface area contributed by atoms with E-state index in [0.717, 1.165) is 27.0 Å². The van der Waals surface area contributed by atoms with Crippen LogP contribution in [0.1, 0.15) is 11.3 Å². The van der Waals surface area contributed by atoms with Crippen molar-refractivity contribution in [3.63, 3.8) is 0 Å². The van der Waals surface area contributed by atoms with Crippen molar-refractivity contribution in [3.05, 3.63) is 82.4 Å². The Balaban J connectivity index is 1.81. The van der Waals surface area contributed by atoms with Gasteiger partial charge in [0.2, 0.25) is 4.80 Å². The highest BCUT2D eigenvalue weighted by molar-refractivity contribution is 7.07. The van der Waals surface area contributed by atoms with Gasteiger partial charge in [-0.3, -0.25) is 4.98 Å². The molecule has 128 valence electrons. The average molecular weight is 360 g/mol. The summed E-state index contributed by atoms with van der Waals surface area (Å²) in [7, 11) is 0. The molecule has 26 heavy (non-hydrogen) atoms. The second-order valence-electron chi connectivity index (χ2n) is 5.76. The fraction of sp³-hybridized carbons (Fsp3) is 0.0500. The van der Waals surface area contributed by atoms with Crippen LogP contribution in [0.5, 0.6) is 5.75 Å². The minimum absolute atomic E-state index is 0.201. The molecule has 0 bridgehead atoms. The monoisotopic (exact) mass is 360 g/mol. The molecule has 2 aromatic carbocycles. The second kappa shape index (κ2) is 6.93. The molecule has 0 spiro atoms. The molecule has 4 rings (SSSR count). The van der Waals surface area contributed by atoms with Crippen LogP contribution in [0.4, 0.5) is 5.69 Å². The zero-order chi connectivity index (χ0) is 17.9. The van der Waals surface area contributed by atoms with Crippen molar-refractivity contribution in [2.75, 3.05) is 0 Å². The first kappa shape index (κ1) is 16.2. The van der Waals surface area contributed by atoms with E-state index in [-0.39, 0.29) is 5.75 Å².